The van der Waals surface area contributed by atoms with E-state index in [1.807, 2.05) is 29.2 Å². The van der Waals surface area contributed by atoms with Crippen molar-refractivity contribution in [3.63, 3.8) is 0 Å². The first-order chi connectivity index (χ1) is 15.5. The molecule has 1 heterocycles. The summed E-state index contributed by atoms with van der Waals surface area (Å²) in [6.45, 7) is 2.48. The largest absolute Gasteiger partial charge is 0.478 e. The van der Waals surface area contributed by atoms with Crippen LogP contribution in [0.2, 0.25) is 0 Å². The normalized spacial score (nSPS) is 15.6. The van der Waals surface area contributed by atoms with Crippen LogP contribution in [0.5, 0.6) is 0 Å². The molecule has 0 bridgehead atoms. The smallest absolute Gasteiger partial charge is 0.335 e. The van der Waals surface area contributed by atoms with Gasteiger partial charge in [0.15, 0.2) is 0 Å². The van der Waals surface area contributed by atoms with E-state index in [-0.39, 0.29) is 17.4 Å². The van der Waals surface area contributed by atoms with Gasteiger partial charge in [-0.2, -0.15) is 5.26 Å². The number of carboxylic acids is 1. The molecule has 1 amide bonds. The number of benzene rings is 3. The van der Waals surface area contributed by atoms with Gasteiger partial charge in [-0.15, -0.1) is 11.8 Å². The second-order valence-corrected chi connectivity index (χ2v) is 8.90. The Morgan fingerprint density at radius 3 is 2.44 bits per heavy atom. The fraction of sp³-hybridized carbons (Fsp3) is 0.192. The molecule has 6 heteroatoms. The average molecular weight is 443 g/mol. The predicted molar refractivity (Wildman–Crippen MR) is 125 cm³/mol. The molecule has 0 saturated heterocycles. The van der Waals surface area contributed by atoms with Gasteiger partial charge in [0, 0.05) is 10.6 Å². The van der Waals surface area contributed by atoms with Gasteiger partial charge in [0.25, 0.3) is 0 Å². The van der Waals surface area contributed by atoms with Crippen LogP contribution in [0.25, 0.3) is 0 Å². The molecule has 1 N–H and O–H groups in total. The van der Waals surface area contributed by atoms with E-state index in [0.717, 1.165) is 27.3 Å². The molecule has 0 fully saturated rings. The van der Waals surface area contributed by atoms with Crippen molar-refractivity contribution >= 4 is 29.3 Å². The summed E-state index contributed by atoms with van der Waals surface area (Å²) in [5.74, 6) is -0.493. The summed E-state index contributed by atoms with van der Waals surface area (Å²) in [4.78, 5) is 27.8. The van der Waals surface area contributed by atoms with Gasteiger partial charge in [0.1, 0.15) is 0 Å². The fourth-order valence-corrected chi connectivity index (χ4v) is 5.13. The van der Waals surface area contributed by atoms with Crippen LogP contribution in [-0.2, 0) is 17.8 Å². The highest BCUT2D eigenvalue weighted by molar-refractivity contribution is 7.99. The number of carbonyl (C=O) groups excluding carboxylic acids is 1. The highest BCUT2D eigenvalue weighted by Crippen LogP contribution is 2.39. The number of amides is 1. The van der Waals surface area contributed by atoms with Crippen molar-refractivity contribution in [1.29, 1.82) is 5.26 Å². The summed E-state index contributed by atoms with van der Waals surface area (Å²) in [6.07, 6.45) is 0.544. The maximum absolute atomic E-state index is 13.7. The van der Waals surface area contributed by atoms with Crippen molar-refractivity contribution in [3.8, 4) is 6.07 Å². The summed E-state index contributed by atoms with van der Waals surface area (Å²) in [7, 11) is 0. The maximum atomic E-state index is 13.7. The fourth-order valence-electron chi connectivity index (χ4n) is 3.88. The summed E-state index contributed by atoms with van der Waals surface area (Å²) >= 11 is 1.70. The molecule has 160 valence electrons. The molecule has 0 spiro atoms. The van der Waals surface area contributed by atoms with E-state index in [9.17, 15) is 9.59 Å². The highest BCUT2D eigenvalue weighted by atomic mass is 32.2. The number of carbonyl (C=O) groups is 2. The lowest BCUT2D eigenvalue weighted by Crippen LogP contribution is -2.36. The monoisotopic (exact) mass is 442 g/mol. The first-order valence-corrected chi connectivity index (χ1v) is 11.3. The van der Waals surface area contributed by atoms with Crippen LogP contribution in [0.1, 0.15) is 32.6 Å². The molecule has 3 aromatic carbocycles. The van der Waals surface area contributed by atoms with Crippen LogP contribution >= 0.6 is 11.8 Å². The lowest BCUT2D eigenvalue weighted by Gasteiger charge is -2.26. The molecule has 0 aliphatic carbocycles. The zero-order valence-corrected chi connectivity index (χ0v) is 18.4. The quantitative estimate of drug-likeness (QED) is 0.597. The summed E-state index contributed by atoms with van der Waals surface area (Å²) in [5, 5.41) is 18.2. The maximum Gasteiger partial charge on any atom is 0.335 e. The molecule has 0 radical (unpaired) electrons. The SMILES string of the molecule is Cc1cccc2c1SCC(Cc1ccc(C(=O)O)cc1)C(=O)N2Cc1ccc(C#N)cc1. The molecule has 32 heavy (non-hydrogen) atoms. The van der Waals surface area contributed by atoms with Gasteiger partial charge in [0.05, 0.1) is 35.3 Å². The molecule has 1 aliphatic heterocycles. The zero-order valence-electron chi connectivity index (χ0n) is 17.6. The lowest BCUT2D eigenvalue weighted by atomic mass is 9.98. The molecule has 5 nitrogen and oxygen atoms in total. The molecule has 4 rings (SSSR count). The Morgan fingerprint density at radius 1 is 1.09 bits per heavy atom. The van der Waals surface area contributed by atoms with Gasteiger partial charge >= 0.3 is 5.97 Å². The second-order valence-electron chi connectivity index (χ2n) is 7.87. The summed E-state index contributed by atoms with van der Waals surface area (Å²) in [5.41, 5.74) is 4.77. The number of aryl methyl sites for hydroxylation is 1. The number of hydrogen-bond donors (Lipinski definition) is 1. The van der Waals surface area contributed by atoms with Crippen LogP contribution in [0.15, 0.2) is 71.6 Å². The van der Waals surface area contributed by atoms with E-state index in [1.54, 1.807) is 48.2 Å². The van der Waals surface area contributed by atoms with Crippen molar-refractivity contribution in [2.45, 2.75) is 24.8 Å². The Bertz CT molecular complexity index is 1200. The van der Waals surface area contributed by atoms with Gasteiger partial charge in [-0.3, -0.25) is 4.79 Å². The van der Waals surface area contributed by atoms with Crippen molar-refractivity contribution in [3.05, 3.63) is 94.5 Å². The van der Waals surface area contributed by atoms with E-state index in [2.05, 4.69) is 19.1 Å². The summed E-state index contributed by atoms with van der Waals surface area (Å²) < 4.78 is 0. The van der Waals surface area contributed by atoms with E-state index in [1.165, 1.54) is 0 Å². The third-order valence-electron chi connectivity index (χ3n) is 5.63. The predicted octanol–water partition coefficient (Wildman–Crippen LogP) is 5.06. The van der Waals surface area contributed by atoms with E-state index in [4.69, 9.17) is 10.4 Å². The summed E-state index contributed by atoms with van der Waals surface area (Å²) in [6, 6.07) is 22.2. The molecule has 1 unspecified atom stereocenters. The van der Waals surface area contributed by atoms with Gasteiger partial charge < -0.3 is 10.0 Å². The molecule has 1 atom stereocenters. The highest BCUT2D eigenvalue weighted by Gasteiger charge is 2.31. The number of anilines is 1. The van der Waals surface area contributed by atoms with Crippen LogP contribution in [0.3, 0.4) is 0 Å². The molecule has 0 saturated carbocycles. The molecule has 1 aliphatic rings. The van der Waals surface area contributed by atoms with Crippen LogP contribution in [0.4, 0.5) is 5.69 Å². The molecular weight excluding hydrogens is 420 g/mol. The topological polar surface area (TPSA) is 81.4 Å². The third-order valence-corrected chi connectivity index (χ3v) is 7.02. The minimum absolute atomic E-state index is 0.0496. The number of thioether (sulfide) groups is 1. The molecular formula is C26H22N2O3S. The standard InChI is InChI=1S/C26H22N2O3S/c1-17-3-2-4-23-24(17)32-16-22(13-18-9-11-21(12-10-18)26(30)31)25(29)28(23)15-20-7-5-19(14-27)6-8-20/h2-12,22H,13,15-16H2,1H3,(H,30,31). The van der Waals surface area contributed by atoms with E-state index < -0.39 is 5.97 Å². The molecule has 3 aromatic rings. The van der Waals surface area contributed by atoms with E-state index >= 15 is 0 Å². The minimum atomic E-state index is -0.961. The first-order valence-electron chi connectivity index (χ1n) is 10.3. The van der Waals surface area contributed by atoms with Crippen LogP contribution < -0.4 is 4.90 Å². The number of fused-ring (bicyclic) bond motifs is 1. The minimum Gasteiger partial charge on any atom is -0.478 e. The Balaban J connectivity index is 1.65. The van der Waals surface area contributed by atoms with Crippen molar-refractivity contribution in [2.75, 3.05) is 10.7 Å². The van der Waals surface area contributed by atoms with Crippen molar-refractivity contribution in [1.82, 2.24) is 0 Å². The number of nitrogens with zero attached hydrogens (tertiary/aromatic N) is 2. The van der Waals surface area contributed by atoms with Crippen LogP contribution in [-0.4, -0.2) is 22.7 Å². The van der Waals surface area contributed by atoms with Crippen molar-refractivity contribution in [2.24, 2.45) is 5.92 Å². The van der Waals surface area contributed by atoms with Gasteiger partial charge in [0.2, 0.25) is 5.91 Å². The second kappa shape index (κ2) is 9.29. The number of aromatic carboxylic acids is 1. The Kier molecular flexibility index (Phi) is 6.29. The number of carboxylic acid groups (broad SMARTS) is 1. The first kappa shape index (κ1) is 21.7. The Morgan fingerprint density at radius 2 is 1.78 bits per heavy atom. The third kappa shape index (κ3) is 4.53. The van der Waals surface area contributed by atoms with Gasteiger partial charge in [-0.05, 0) is 60.4 Å². The van der Waals surface area contributed by atoms with Gasteiger partial charge in [-0.1, -0.05) is 36.4 Å². The average Bonchev–Trinajstić information content (AvgIpc) is 2.93. The number of rotatable bonds is 5. The lowest BCUT2D eigenvalue weighted by molar-refractivity contribution is -0.121. The molecule has 0 aromatic heterocycles. The van der Waals surface area contributed by atoms with Gasteiger partial charge in [-0.25, -0.2) is 4.79 Å². The zero-order chi connectivity index (χ0) is 22.7. The van der Waals surface area contributed by atoms with E-state index in [0.29, 0.717) is 24.3 Å². The van der Waals surface area contributed by atoms with Crippen LogP contribution in [0, 0.1) is 24.2 Å². The van der Waals surface area contributed by atoms with Crippen molar-refractivity contribution < 1.29 is 14.7 Å². The number of nitriles is 1. The Labute approximate surface area is 191 Å². The number of hydrogen-bond acceptors (Lipinski definition) is 4. The Hall–Kier alpha value is -3.56.